The number of anilines is 1. The normalized spacial score (nSPS) is 10.6. The Morgan fingerprint density at radius 1 is 0.938 bits per heavy atom. The molecule has 0 radical (unpaired) electrons. The van der Waals surface area contributed by atoms with E-state index in [1.807, 2.05) is 73.8 Å². The molecule has 3 aromatic carbocycles. The van der Waals surface area contributed by atoms with Gasteiger partial charge < -0.3 is 4.74 Å². The molecule has 160 valence electrons. The maximum Gasteiger partial charge on any atom is 0.264 e. The average molecular weight is 443 g/mol. The zero-order valence-corrected chi connectivity index (χ0v) is 18.6. The van der Waals surface area contributed by atoms with Gasteiger partial charge in [0.25, 0.3) is 5.91 Å². The summed E-state index contributed by atoms with van der Waals surface area (Å²) in [5.74, 6) is 0.234. The van der Waals surface area contributed by atoms with Crippen LogP contribution in [-0.2, 0) is 4.79 Å². The zero-order chi connectivity index (χ0) is 22.5. The van der Waals surface area contributed by atoms with Gasteiger partial charge in [0, 0.05) is 22.1 Å². The minimum Gasteiger partial charge on any atom is -0.483 e. The summed E-state index contributed by atoms with van der Waals surface area (Å²) in [4.78, 5) is 29.6. The van der Waals surface area contributed by atoms with Crippen molar-refractivity contribution < 1.29 is 14.3 Å². The first-order valence-corrected chi connectivity index (χ1v) is 11.0. The van der Waals surface area contributed by atoms with E-state index in [0.717, 1.165) is 22.4 Å². The third-order valence-corrected chi connectivity index (χ3v) is 5.76. The lowest BCUT2D eigenvalue weighted by molar-refractivity contribution is -0.118. The van der Waals surface area contributed by atoms with Crippen LogP contribution in [-0.4, -0.2) is 23.3 Å². The number of nitrogens with zero attached hydrogens (tertiary/aromatic N) is 1. The zero-order valence-electron chi connectivity index (χ0n) is 17.8. The summed E-state index contributed by atoms with van der Waals surface area (Å²) < 4.78 is 5.68. The van der Waals surface area contributed by atoms with Gasteiger partial charge in [0.2, 0.25) is 0 Å². The molecule has 0 aliphatic carbocycles. The maximum absolute atomic E-state index is 12.8. The Morgan fingerprint density at radius 3 is 2.44 bits per heavy atom. The number of amides is 1. The SMILES string of the molecule is Cc1cc(C(=O)c2ccccc2C)ccc1OCC(=O)Nc1nc(-c2ccccc2)cs1. The number of aromatic nitrogens is 1. The van der Waals surface area contributed by atoms with Gasteiger partial charge in [-0.3, -0.25) is 14.9 Å². The lowest BCUT2D eigenvalue weighted by atomic mass is 9.98. The third-order valence-electron chi connectivity index (χ3n) is 5.01. The van der Waals surface area contributed by atoms with Crippen LogP contribution in [0.1, 0.15) is 27.0 Å². The number of thiazole rings is 1. The topological polar surface area (TPSA) is 68.3 Å². The van der Waals surface area contributed by atoms with Crippen molar-refractivity contribution in [2.24, 2.45) is 0 Å². The van der Waals surface area contributed by atoms with Crippen LogP contribution in [0.2, 0.25) is 0 Å². The van der Waals surface area contributed by atoms with Gasteiger partial charge in [-0.1, -0.05) is 54.6 Å². The fourth-order valence-corrected chi connectivity index (χ4v) is 4.04. The van der Waals surface area contributed by atoms with Crippen molar-refractivity contribution in [3.05, 3.63) is 100 Å². The van der Waals surface area contributed by atoms with E-state index in [0.29, 0.717) is 22.0 Å². The van der Waals surface area contributed by atoms with Gasteiger partial charge in [0.05, 0.1) is 5.69 Å². The molecule has 0 aliphatic heterocycles. The molecule has 0 saturated carbocycles. The number of ketones is 1. The van der Waals surface area contributed by atoms with Gasteiger partial charge in [-0.15, -0.1) is 11.3 Å². The third kappa shape index (κ3) is 4.92. The van der Waals surface area contributed by atoms with Crippen LogP contribution in [0.3, 0.4) is 0 Å². The van der Waals surface area contributed by atoms with E-state index in [-0.39, 0.29) is 18.3 Å². The van der Waals surface area contributed by atoms with Crippen LogP contribution in [0, 0.1) is 13.8 Å². The lowest BCUT2D eigenvalue weighted by Crippen LogP contribution is -2.20. The molecule has 1 aromatic heterocycles. The largest absolute Gasteiger partial charge is 0.483 e. The highest BCUT2D eigenvalue weighted by Gasteiger charge is 2.14. The molecule has 5 nitrogen and oxygen atoms in total. The Morgan fingerprint density at radius 2 is 1.69 bits per heavy atom. The van der Waals surface area contributed by atoms with Crippen LogP contribution in [0.15, 0.2) is 78.2 Å². The number of hydrogen-bond acceptors (Lipinski definition) is 5. The monoisotopic (exact) mass is 442 g/mol. The number of benzene rings is 3. The molecule has 4 aromatic rings. The smallest absolute Gasteiger partial charge is 0.264 e. The summed E-state index contributed by atoms with van der Waals surface area (Å²) >= 11 is 1.37. The number of carbonyl (C=O) groups excluding carboxylic acids is 2. The standard InChI is InChI=1S/C26H22N2O3S/c1-17-8-6-7-11-21(17)25(30)20-12-13-23(18(2)14-20)31-15-24(29)28-26-27-22(16-32-26)19-9-4-3-5-10-19/h3-14,16H,15H2,1-2H3,(H,27,28,29). The summed E-state index contributed by atoms with van der Waals surface area (Å²) in [6.07, 6.45) is 0. The van der Waals surface area contributed by atoms with E-state index in [1.54, 1.807) is 18.2 Å². The summed E-state index contributed by atoms with van der Waals surface area (Å²) in [5.41, 5.74) is 4.80. The highest BCUT2D eigenvalue weighted by molar-refractivity contribution is 7.14. The molecule has 0 bridgehead atoms. The van der Waals surface area contributed by atoms with Crippen LogP contribution < -0.4 is 10.1 Å². The Labute approximate surface area is 190 Å². The number of aryl methyl sites for hydroxylation is 2. The lowest BCUT2D eigenvalue weighted by Gasteiger charge is -2.11. The average Bonchev–Trinajstić information content (AvgIpc) is 3.27. The van der Waals surface area contributed by atoms with Crippen LogP contribution in [0.25, 0.3) is 11.3 Å². The Balaban J connectivity index is 1.37. The molecule has 4 rings (SSSR count). The quantitative estimate of drug-likeness (QED) is 0.374. The predicted molar refractivity (Wildman–Crippen MR) is 127 cm³/mol. The van der Waals surface area contributed by atoms with Crippen molar-refractivity contribution in [3.63, 3.8) is 0 Å². The number of nitrogens with one attached hydrogen (secondary N) is 1. The first-order valence-electron chi connectivity index (χ1n) is 10.2. The molecule has 0 fully saturated rings. The van der Waals surface area contributed by atoms with E-state index in [9.17, 15) is 9.59 Å². The van der Waals surface area contributed by atoms with Crippen molar-refractivity contribution in [2.45, 2.75) is 13.8 Å². The van der Waals surface area contributed by atoms with E-state index >= 15 is 0 Å². The summed E-state index contributed by atoms with van der Waals surface area (Å²) in [5, 5.41) is 5.19. The van der Waals surface area contributed by atoms with Crippen LogP contribution in [0.4, 0.5) is 5.13 Å². The summed E-state index contributed by atoms with van der Waals surface area (Å²) in [7, 11) is 0. The van der Waals surface area contributed by atoms with Crippen molar-refractivity contribution in [2.75, 3.05) is 11.9 Å². The van der Waals surface area contributed by atoms with E-state index in [1.165, 1.54) is 11.3 Å². The summed E-state index contributed by atoms with van der Waals surface area (Å²) in [6, 6.07) is 22.5. The minimum atomic E-state index is -0.293. The van der Waals surface area contributed by atoms with Crippen LogP contribution in [0.5, 0.6) is 5.75 Å². The molecule has 1 N–H and O–H groups in total. The van der Waals surface area contributed by atoms with Crippen molar-refractivity contribution in [1.29, 1.82) is 0 Å². The van der Waals surface area contributed by atoms with Crippen molar-refractivity contribution in [1.82, 2.24) is 4.98 Å². The van der Waals surface area contributed by atoms with Gasteiger partial charge in [-0.05, 0) is 43.2 Å². The number of carbonyl (C=O) groups is 2. The number of rotatable bonds is 7. The second-order valence-electron chi connectivity index (χ2n) is 7.37. The van der Waals surface area contributed by atoms with Gasteiger partial charge >= 0.3 is 0 Å². The molecule has 0 saturated heterocycles. The van der Waals surface area contributed by atoms with E-state index < -0.39 is 0 Å². The highest BCUT2D eigenvalue weighted by atomic mass is 32.1. The van der Waals surface area contributed by atoms with Gasteiger partial charge in [0.1, 0.15) is 5.75 Å². The molecular weight excluding hydrogens is 420 g/mol. The van der Waals surface area contributed by atoms with Crippen LogP contribution >= 0.6 is 11.3 Å². The predicted octanol–water partition coefficient (Wildman–Crippen LogP) is 5.68. The first kappa shape index (κ1) is 21.5. The summed E-state index contributed by atoms with van der Waals surface area (Å²) in [6.45, 7) is 3.63. The second-order valence-corrected chi connectivity index (χ2v) is 8.22. The Bertz CT molecular complexity index is 1270. The van der Waals surface area contributed by atoms with E-state index in [4.69, 9.17) is 4.74 Å². The molecule has 1 amide bonds. The molecule has 0 aliphatic rings. The number of hydrogen-bond donors (Lipinski definition) is 1. The minimum absolute atomic E-state index is 0.0338. The highest BCUT2D eigenvalue weighted by Crippen LogP contribution is 2.25. The van der Waals surface area contributed by atoms with Crippen molar-refractivity contribution in [3.8, 4) is 17.0 Å². The van der Waals surface area contributed by atoms with Gasteiger partial charge in [0.15, 0.2) is 17.5 Å². The molecule has 1 heterocycles. The molecule has 32 heavy (non-hydrogen) atoms. The fourth-order valence-electron chi connectivity index (χ4n) is 3.31. The molecule has 0 atom stereocenters. The van der Waals surface area contributed by atoms with Crippen molar-refractivity contribution >= 4 is 28.2 Å². The fraction of sp³-hybridized carbons (Fsp3) is 0.115. The molecule has 0 unspecified atom stereocenters. The van der Waals surface area contributed by atoms with Gasteiger partial charge in [-0.25, -0.2) is 4.98 Å². The number of ether oxygens (including phenoxy) is 1. The maximum atomic E-state index is 12.8. The molecule has 0 spiro atoms. The van der Waals surface area contributed by atoms with Gasteiger partial charge in [-0.2, -0.15) is 0 Å². The molecule has 6 heteroatoms. The Hall–Kier alpha value is -3.77. The first-order chi connectivity index (χ1) is 15.5. The molecular formula is C26H22N2O3S. The Kier molecular flexibility index (Phi) is 6.42. The second kappa shape index (κ2) is 9.58. The van der Waals surface area contributed by atoms with E-state index in [2.05, 4.69) is 10.3 Å².